The smallest absolute Gasteiger partial charge is 0.225 e. The first-order valence-electron chi connectivity index (χ1n) is 6.97. The van der Waals surface area contributed by atoms with E-state index in [1.807, 2.05) is 31.2 Å². The number of anilines is 2. The van der Waals surface area contributed by atoms with Crippen LogP contribution in [0.4, 0.5) is 11.8 Å². The van der Waals surface area contributed by atoms with Gasteiger partial charge in [-0.15, -0.1) is 0 Å². The molecule has 0 unspecified atom stereocenters. The van der Waals surface area contributed by atoms with E-state index in [9.17, 15) is 0 Å². The molecule has 0 bridgehead atoms. The quantitative estimate of drug-likeness (QED) is 0.875. The SMILES string of the molecule is CCN(CC)c1cc(C)nc(NCc2ccccn2)n1. The van der Waals surface area contributed by atoms with Crippen LogP contribution in [0.3, 0.4) is 0 Å². The summed E-state index contributed by atoms with van der Waals surface area (Å²) in [5, 5.41) is 3.23. The molecule has 0 fully saturated rings. The second kappa shape index (κ2) is 6.84. The largest absolute Gasteiger partial charge is 0.357 e. The minimum atomic E-state index is 0.627. The van der Waals surface area contributed by atoms with Crippen molar-refractivity contribution >= 4 is 11.8 Å². The van der Waals surface area contributed by atoms with Crippen LogP contribution in [0.5, 0.6) is 0 Å². The van der Waals surface area contributed by atoms with Crippen molar-refractivity contribution in [2.75, 3.05) is 23.3 Å². The van der Waals surface area contributed by atoms with Gasteiger partial charge in [0.25, 0.3) is 0 Å². The van der Waals surface area contributed by atoms with Gasteiger partial charge in [-0.3, -0.25) is 4.98 Å². The fraction of sp³-hybridized carbons (Fsp3) is 0.400. The van der Waals surface area contributed by atoms with E-state index in [0.717, 1.165) is 30.3 Å². The van der Waals surface area contributed by atoms with Gasteiger partial charge in [-0.05, 0) is 32.9 Å². The Morgan fingerprint density at radius 1 is 1.15 bits per heavy atom. The third-order valence-corrected chi connectivity index (χ3v) is 3.08. The summed E-state index contributed by atoms with van der Waals surface area (Å²) >= 11 is 0. The van der Waals surface area contributed by atoms with Gasteiger partial charge in [0.05, 0.1) is 12.2 Å². The highest BCUT2D eigenvalue weighted by molar-refractivity contribution is 5.44. The minimum absolute atomic E-state index is 0.627. The average Bonchev–Trinajstić information content (AvgIpc) is 2.47. The zero-order valence-electron chi connectivity index (χ0n) is 12.3. The van der Waals surface area contributed by atoms with Gasteiger partial charge in [-0.2, -0.15) is 4.98 Å². The maximum Gasteiger partial charge on any atom is 0.225 e. The minimum Gasteiger partial charge on any atom is -0.357 e. The maximum atomic E-state index is 4.57. The topological polar surface area (TPSA) is 53.9 Å². The second-order valence-corrected chi connectivity index (χ2v) is 4.54. The van der Waals surface area contributed by atoms with E-state index in [4.69, 9.17) is 0 Å². The normalized spacial score (nSPS) is 10.3. The van der Waals surface area contributed by atoms with Gasteiger partial charge in [0.15, 0.2) is 0 Å². The molecule has 0 aromatic carbocycles. The van der Waals surface area contributed by atoms with Gasteiger partial charge < -0.3 is 10.2 Å². The summed E-state index contributed by atoms with van der Waals surface area (Å²) in [5.74, 6) is 1.61. The average molecular weight is 271 g/mol. The van der Waals surface area contributed by atoms with Gasteiger partial charge >= 0.3 is 0 Å². The molecule has 5 nitrogen and oxygen atoms in total. The standard InChI is InChI=1S/C15H21N5/c1-4-20(5-2)14-10-12(3)18-15(19-14)17-11-13-8-6-7-9-16-13/h6-10H,4-5,11H2,1-3H3,(H,17,18,19). The molecule has 0 atom stereocenters. The van der Waals surface area contributed by atoms with Crippen LogP contribution in [0.1, 0.15) is 25.2 Å². The first-order chi connectivity index (χ1) is 9.72. The Bertz CT molecular complexity index is 537. The monoisotopic (exact) mass is 271 g/mol. The fourth-order valence-corrected chi connectivity index (χ4v) is 2.01. The van der Waals surface area contributed by atoms with E-state index in [-0.39, 0.29) is 0 Å². The Kier molecular flexibility index (Phi) is 4.87. The molecule has 2 aromatic rings. The van der Waals surface area contributed by atoms with E-state index in [0.29, 0.717) is 12.5 Å². The van der Waals surface area contributed by atoms with Gasteiger partial charge in [-0.1, -0.05) is 6.07 Å². The lowest BCUT2D eigenvalue weighted by molar-refractivity contribution is 0.837. The molecule has 0 aliphatic rings. The fourth-order valence-electron chi connectivity index (χ4n) is 2.01. The molecule has 0 saturated carbocycles. The molecule has 106 valence electrons. The predicted octanol–water partition coefficient (Wildman–Crippen LogP) is 2.64. The van der Waals surface area contributed by atoms with Crippen LogP contribution in [0.15, 0.2) is 30.5 Å². The summed E-state index contributed by atoms with van der Waals surface area (Å²) < 4.78 is 0. The lowest BCUT2D eigenvalue weighted by atomic mass is 10.3. The van der Waals surface area contributed by atoms with Gasteiger partial charge in [0.1, 0.15) is 5.82 Å². The molecule has 0 amide bonds. The second-order valence-electron chi connectivity index (χ2n) is 4.54. The van der Waals surface area contributed by atoms with Crippen molar-refractivity contribution in [2.24, 2.45) is 0 Å². The van der Waals surface area contributed by atoms with E-state index >= 15 is 0 Å². The van der Waals surface area contributed by atoms with Crippen LogP contribution in [0.25, 0.3) is 0 Å². The van der Waals surface area contributed by atoms with Crippen molar-refractivity contribution in [1.29, 1.82) is 0 Å². The van der Waals surface area contributed by atoms with E-state index < -0.39 is 0 Å². The van der Waals surface area contributed by atoms with Crippen LogP contribution >= 0.6 is 0 Å². The summed E-state index contributed by atoms with van der Waals surface area (Å²) in [4.78, 5) is 15.5. The molecule has 5 heteroatoms. The van der Waals surface area contributed by atoms with Crippen LogP contribution in [0.2, 0.25) is 0 Å². The highest BCUT2D eigenvalue weighted by atomic mass is 15.2. The first kappa shape index (κ1) is 14.2. The summed E-state index contributed by atoms with van der Waals surface area (Å²) in [6, 6.07) is 7.88. The van der Waals surface area contributed by atoms with E-state index in [2.05, 4.69) is 39.0 Å². The van der Waals surface area contributed by atoms with E-state index in [1.54, 1.807) is 6.20 Å². The van der Waals surface area contributed by atoms with Crippen molar-refractivity contribution < 1.29 is 0 Å². The summed E-state index contributed by atoms with van der Waals surface area (Å²) in [6.07, 6.45) is 1.79. The van der Waals surface area contributed by atoms with Crippen LogP contribution in [0, 0.1) is 6.92 Å². The van der Waals surface area contributed by atoms with Gasteiger partial charge in [0.2, 0.25) is 5.95 Å². The molecular weight excluding hydrogens is 250 g/mol. The van der Waals surface area contributed by atoms with E-state index in [1.165, 1.54) is 0 Å². The number of hydrogen-bond donors (Lipinski definition) is 1. The summed E-state index contributed by atoms with van der Waals surface area (Å²) in [6.45, 7) is 8.74. The van der Waals surface area contributed by atoms with Crippen LogP contribution in [-0.2, 0) is 6.54 Å². The Balaban J connectivity index is 2.12. The highest BCUT2D eigenvalue weighted by Gasteiger charge is 2.07. The Hall–Kier alpha value is -2.17. The molecule has 2 heterocycles. The summed E-state index contributed by atoms with van der Waals surface area (Å²) in [5.41, 5.74) is 1.94. The third-order valence-electron chi connectivity index (χ3n) is 3.08. The number of nitrogens with one attached hydrogen (secondary N) is 1. The Labute approximate surface area is 120 Å². The first-order valence-corrected chi connectivity index (χ1v) is 6.97. The van der Waals surface area contributed by atoms with Crippen molar-refractivity contribution in [3.63, 3.8) is 0 Å². The molecule has 0 spiro atoms. The van der Waals surface area contributed by atoms with Crippen molar-refractivity contribution in [2.45, 2.75) is 27.3 Å². The van der Waals surface area contributed by atoms with Crippen LogP contribution in [-0.4, -0.2) is 28.0 Å². The molecule has 0 aliphatic carbocycles. The molecule has 1 N–H and O–H groups in total. The Morgan fingerprint density at radius 2 is 1.95 bits per heavy atom. The number of nitrogens with zero attached hydrogens (tertiary/aromatic N) is 4. The molecule has 0 radical (unpaired) electrons. The van der Waals surface area contributed by atoms with Gasteiger partial charge in [0, 0.05) is 31.0 Å². The number of aromatic nitrogens is 3. The lowest BCUT2D eigenvalue weighted by Crippen LogP contribution is -2.23. The predicted molar refractivity (Wildman–Crippen MR) is 81.9 cm³/mol. The van der Waals surface area contributed by atoms with Crippen molar-refractivity contribution in [1.82, 2.24) is 15.0 Å². The molecule has 2 rings (SSSR count). The third kappa shape index (κ3) is 3.66. The van der Waals surface area contributed by atoms with Crippen molar-refractivity contribution in [3.8, 4) is 0 Å². The zero-order chi connectivity index (χ0) is 14.4. The maximum absolute atomic E-state index is 4.57. The molecule has 0 aliphatic heterocycles. The molecule has 2 aromatic heterocycles. The highest BCUT2D eigenvalue weighted by Crippen LogP contribution is 2.14. The number of rotatable bonds is 6. The zero-order valence-corrected chi connectivity index (χ0v) is 12.3. The molecular formula is C15H21N5. The van der Waals surface area contributed by atoms with Crippen LogP contribution < -0.4 is 10.2 Å². The number of aryl methyl sites for hydroxylation is 1. The summed E-state index contributed by atoms with van der Waals surface area (Å²) in [7, 11) is 0. The number of pyridine rings is 1. The number of hydrogen-bond acceptors (Lipinski definition) is 5. The lowest BCUT2D eigenvalue weighted by Gasteiger charge is -2.20. The van der Waals surface area contributed by atoms with Crippen molar-refractivity contribution in [3.05, 3.63) is 41.9 Å². The molecule has 0 saturated heterocycles. The van der Waals surface area contributed by atoms with Gasteiger partial charge in [-0.25, -0.2) is 4.98 Å². The molecule has 20 heavy (non-hydrogen) atoms. The Morgan fingerprint density at radius 3 is 2.60 bits per heavy atom.